The standard InChI is InChI=1S/C16H18FN3O3/c1-3-16(2,12-4-6-13(17)7-5-12)19-14(21)10-20-9-11(8-18-20)15(22)23/h4-9H,3,10H2,1-2H3,(H,19,21)(H,22,23). The summed E-state index contributed by atoms with van der Waals surface area (Å²) in [6, 6.07) is 5.97. The van der Waals surface area contributed by atoms with E-state index in [0.717, 1.165) is 5.56 Å². The largest absolute Gasteiger partial charge is 0.478 e. The molecule has 2 rings (SSSR count). The molecule has 1 heterocycles. The van der Waals surface area contributed by atoms with Gasteiger partial charge in [-0.3, -0.25) is 9.48 Å². The second kappa shape index (κ2) is 6.60. The van der Waals surface area contributed by atoms with Gasteiger partial charge >= 0.3 is 5.97 Å². The second-order valence-electron chi connectivity index (χ2n) is 5.47. The van der Waals surface area contributed by atoms with E-state index in [-0.39, 0.29) is 23.8 Å². The Kier molecular flexibility index (Phi) is 4.78. The summed E-state index contributed by atoms with van der Waals surface area (Å²) >= 11 is 0. The maximum absolute atomic E-state index is 13.0. The Morgan fingerprint density at radius 1 is 1.35 bits per heavy atom. The van der Waals surface area contributed by atoms with Gasteiger partial charge in [-0.15, -0.1) is 0 Å². The minimum Gasteiger partial charge on any atom is -0.478 e. The summed E-state index contributed by atoms with van der Waals surface area (Å²) in [5.41, 5.74) is 0.170. The Bertz CT molecular complexity index is 712. The summed E-state index contributed by atoms with van der Waals surface area (Å²) < 4.78 is 14.3. The van der Waals surface area contributed by atoms with Crippen LogP contribution in [0.3, 0.4) is 0 Å². The van der Waals surface area contributed by atoms with Crippen LogP contribution in [0.25, 0.3) is 0 Å². The zero-order chi connectivity index (χ0) is 17.0. The Morgan fingerprint density at radius 3 is 2.52 bits per heavy atom. The molecule has 0 aliphatic rings. The van der Waals surface area contributed by atoms with Gasteiger partial charge in [0.1, 0.15) is 12.4 Å². The number of carboxylic acids is 1. The molecule has 1 amide bonds. The maximum atomic E-state index is 13.0. The number of hydrogen-bond donors (Lipinski definition) is 2. The highest BCUT2D eigenvalue weighted by atomic mass is 19.1. The second-order valence-corrected chi connectivity index (χ2v) is 5.47. The number of aromatic nitrogens is 2. The fourth-order valence-electron chi connectivity index (χ4n) is 2.24. The molecule has 0 saturated heterocycles. The number of nitrogens with one attached hydrogen (secondary N) is 1. The number of amides is 1. The molecule has 0 bridgehead atoms. The number of aromatic carboxylic acids is 1. The van der Waals surface area contributed by atoms with Crippen molar-refractivity contribution in [3.05, 3.63) is 53.6 Å². The lowest BCUT2D eigenvalue weighted by Crippen LogP contribution is -2.44. The number of benzene rings is 1. The predicted molar refractivity (Wildman–Crippen MR) is 81.4 cm³/mol. The van der Waals surface area contributed by atoms with Gasteiger partial charge in [0.25, 0.3) is 0 Å². The summed E-state index contributed by atoms with van der Waals surface area (Å²) in [5, 5.41) is 15.6. The van der Waals surface area contributed by atoms with Crippen LogP contribution in [0.4, 0.5) is 4.39 Å². The fourth-order valence-corrected chi connectivity index (χ4v) is 2.24. The molecule has 0 saturated carbocycles. The molecule has 23 heavy (non-hydrogen) atoms. The Hall–Kier alpha value is -2.70. The minimum atomic E-state index is -1.10. The van der Waals surface area contributed by atoms with Crippen molar-refractivity contribution < 1.29 is 19.1 Å². The molecule has 0 spiro atoms. The van der Waals surface area contributed by atoms with E-state index < -0.39 is 11.5 Å². The smallest absolute Gasteiger partial charge is 0.338 e. The molecular formula is C16H18FN3O3. The lowest BCUT2D eigenvalue weighted by Gasteiger charge is -2.30. The molecule has 1 aromatic carbocycles. The summed E-state index contributed by atoms with van der Waals surface area (Å²) in [6.07, 6.45) is 3.10. The lowest BCUT2D eigenvalue weighted by atomic mass is 9.89. The fraction of sp³-hybridized carbons (Fsp3) is 0.312. The van der Waals surface area contributed by atoms with Crippen molar-refractivity contribution in [3.63, 3.8) is 0 Å². The van der Waals surface area contributed by atoms with Gasteiger partial charge in [0.15, 0.2) is 0 Å². The summed E-state index contributed by atoms with van der Waals surface area (Å²) in [5.74, 6) is -1.74. The van der Waals surface area contributed by atoms with Crippen LogP contribution in [0.15, 0.2) is 36.7 Å². The molecule has 0 radical (unpaired) electrons. The molecule has 7 heteroatoms. The van der Waals surface area contributed by atoms with E-state index in [9.17, 15) is 14.0 Å². The van der Waals surface area contributed by atoms with Gasteiger partial charge in [0.05, 0.1) is 17.3 Å². The van der Waals surface area contributed by atoms with Crippen molar-refractivity contribution in [1.29, 1.82) is 0 Å². The van der Waals surface area contributed by atoms with Gasteiger partial charge in [-0.05, 0) is 31.0 Å². The summed E-state index contributed by atoms with van der Waals surface area (Å²) in [7, 11) is 0. The average Bonchev–Trinajstić information content (AvgIpc) is 2.96. The third kappa shape index (κ3) is 3.94. The molecule has 1 unspecified atom stereocenters. The van der Waals surface area contributed by atoms with Gasteiger partial charge in [-0.1, -0.05) is 19.1 Å². The first-order chi connectivity index (χ1) is 10.8. The molecule has 6 nitrogen and oxygen atoms in total. The summed E-state index contributed by atoms with van der Waals surface area (Å²) in [6.45, 7) is 3.67. The van der Waals surface area contributed by atoms with E-state index in [1.54, 1.807) is 12.1 Å². The van der Waals surface area contributed by atoms with Gasteiger partial charge in [-0.2, -0.15) is 5.10 Å². The highest BCUT2D eigenvalue weighted by molar-refractivity contribution is 5.87. The van der Waals surface area contributed by atoms with Crippen LogP contribution in [0, 0.1) is 5.82 Å². The number of rotatable bonds is 6. The van der Waals surface area contributed by atoms with E-state index in [2.05, 4.69) is 10.4 Å². The van der Waals surface area contributed by atoms with Crippen molar-refractivity contribution >= 4 is 11.9 Å². The number of halogens is 1. The number of carboxylic acid groups (broad SMARTS) is 1. The monoisotopic (exact) mass is 319 g/mol. The van der Waals surface area contributed by atoms with Gasteiger partial charge in [0.2, 0.25) is 5.91 Å². The minimum absolute atomic E-state index is 0.0228. The zero-order valence-electron chi connectivity index (χ0n) is 12.9. The van der Waals surface area contributed by atoms with Crippen molar-refractivity contribution in [2.45, 2.75) is 32.4 Å². The topological polar surface area (TPSA) is 84.2 Å². The van der Waals surface area contributed by atoms with Crippen molar-refractivity contribution in [2.24, 2.45) is 0 Å². The molecule has 2 N–H and O–H groups in total. The molecule has 0 fully saturated rings. The molecule has 1 aromatic heterocycles. The Balaban J connectivity index is 2.09. The number of carbonyl (C=O) groups excluding carboxylic acids is 1. The van der Waals surface area contributed by atoms with Gasteiger partial charge in [0, 0.05) is 6.20 Å². The SMILES string of the molecule is CCC(C)(NC(=O)Cn1cc(C(=O)O)cn1)c1ccc(F)cc1. The van der Waals surface area contributed by atoms with Crippen LogP contribution >= 0.6 is 0 Å². The molecule has 1 atom stereocenters. The normalized spacial score (nSPS) is 13.3. The van der Waals surface area contributed by atoms with E-state index >= 15 is 0 Å². The zero-order valence-corrected chi connectivity index (χ0v) is 12.9. The molecule has 2 aromatic rings. The average molecular weight is 319 g/mol. The van der Waals surface area contributed by atoms with Crippen LogP contribution in [0.2, 0.25) is 0 Å². The molecule has 0 aliphatic heterocycles. The maximum Gasteiger partial charge on any atom is 0.338 e. The van der Waals surface area contributed by atoms with E-state index in [1.807, 2.05) is 13.8 Å². The van der Waals surface area contributed by atoms with Gasteiger partial charge < -0.3 is 10.4 Å². The van der Waals surface area contributed by atoms with Crippen LogP contribution in [-0.2, 0) is 16.9 Å². The molecule has 0 aliphatic carbocycles. The van der Waals surface area contributed by atoms with E-state index in [4.69, 9.17) is 5.11 Å². The Morgan fingerprint density at radius 2 is 2.00 bits per heavy atom. The van der Waals surface area contributed by atoms with Crippen LogP contribution < -0.4 is 5.32 Å². The number of carbonyl (C=O) groups is 2. The first kappa shape index (κ1) is 16.7. The van der Waals surface area contributed by atoms with Crippen LogP contribution in [0.5, 0.6) is 0 Å². The molecular weight excluding hydrogens is 301 g/mol. The lowest BCUT2D eigenvalue weighted by molar-refractivity contribution is -0.123. The first-order valence-electron chi connectivity index (χ1n) is 7.17. The molecule has 122 valence electrons. The predicted octanol–water partition coefficient (Wildman–Crippen LogP) is 2.16. The van der Waals surface area contributed by atoms with E-state index in [0.29, 0.717) is 6.42 Å². The third-order valence-electron chi connectivity index (χ3n) is 3.79. The first-order valence-corrected chi connectivity index (χ1v) is 7.17. The van der Waals surface area contributed by atoms with Crippen LogP contribution in [0.1, 0.15) is 36.2 Å². The van der Waals surface area contributed by atoms with Crippen molar-refractivity contribution in [2.75, 3.05) is 0 Å². The summed E-state index contributed by atoms with van der Waals surface area (Å²) in [4.78, 5) is 23.0. The van der Waals surface area contributed by atoms with Gasteiger partial charge in [-0.25, -0.2) is 9.18 Å². The quantitative estimate of drug-likeness (QED) is 0.854. The van der Waals surface area contributed by atoms with Crippen molar-refractivity contribution in [3.8, 4) is 0 Å². The highest BCUT2D eigenvalue weighted by Gasteiger charge is 2.26. The number of hydrogen-bond acceptors (Lipinski definition) is 3. The number of nitrogens with zero attached hydrogens (tertiary/aromatic N) is 2. The Labute approximate surface area is 132 Å². The van der Waals surface area contributed by atoms with Crippen LogP contribution in [-0.4, -0.2) is 26.8 Å². The third-order valence-corrected chi connectivity index (χ3v) is 3.79. The van der Waals surface area contributed by atoms with Crippen molar-refractivity contribution in [1.82, 2.24) is 15.1 Å². The van der Waals surface area contributed by atoms with E-state index in [1.165, 1.54) is 29.2 Å². The highest BCUT2D eigenvalue weighted by Crippen LogP contribution is 2.24.